The van der Waals surface area contributed by atoms with Crippen molar-refractivity contribution in [2.24, 2.45) is 10.7 Å². The van der Waals surface area contributed by atoms with E-state index in [4.69, 9.17) is 26.8 Å². The van der Waals surface area contributed by atoms with Crippen molar-refractivity contribution in [1.29, 1.82) is 0 Å². The molecule has 3 rings (SSSR count). The number of aliphatic imine (C=N–C) groups is 1. The van der Waals surface area contributed by atoms with Crippen molar-refractivity contribution in [1.82, 2.24) is 9.97 Å². The van der Waals surface area contributed by atoms with Gasteiger partial charge in [-0.05, 0) is 49.1 Å². The average Bonchev–Trinajstić information content (AvgIpc) is 2.97. The Labute approximate surface area is 161 Å². The number of ether oxygens (including phenoxy) is 2. The maximum Gasteiger partial charge on any atom is 0.282 e. The summed E-state index contributed by atoms with van der Waals surface area (Å²) in [6, 6.07) is 9.33. The van der Waals surface area contributed by atoms with Crippen molar-refractivity contribution in [2.75, 3.05) is 12.4 Å². The third-order valence-corrected chi connectivity index (χ3v) is 4.37. The van der Waals surface area contributed by atoms with Crippen molar-refractivity contribution in [2.45, 2.75) is 31.9 Å². The number of amidine groups is 1. The summed E-state index contributed by atoms with van der Waals surface area (Å²) in [5.74, 6) is -0.170. The first-order valence-corrected chi connectivity index (χ1v) is 8.81. The average molecular weight is 390 g/mol. The number of carbonyl (C=O) groups excluding carboxylic acids is 1. The fraction of sp³-hybridized carbons (Fsp3) is 0.333. The summed E-state index contributed by atoms with van der Waals surface area (Å²) in [4.78, 5) is 24.4. The Kier molecular flexibility index (Phi) is 5.75. The molecule has 0 saturated heterocycles. The van der Waals surface area contributed by atoms with Crippen LogP contribution in [-0.2, 0) is 11.2 Å². The highest BCUT2D eigenvalue weighted by atomic mass is 35.5. The van der Waals surface area contributed by atoms with E-state index < -0.39 is 5.91 Å². The SMILES string of the molecule is COc1cc(C(=O)Nc2ccc(CCC3N=C(N)O[C@H]3C)cc2)nc(Cl)n1. The van der Waals surface area contributed by atoms with Gasteiger partial charge in [-0.25, -0.2) is 9.98 Å². The molecule has 2 atom stereocenters. The van der Waals surface area contributed by atoms with Gasteiger partial charge in [-0.3, -0.25) is 4.79 Å². The van der Waals surface area contributed by atoms with Crippen LogP contribution in [-0.4, -0.2) is 41.2 Å². The third kappa shape index (κ3) is 4.85. The third-order valence-electron chi connectivity index (χ3n) is 4.20. The monoisotopic (exact) mass is 389 g/mol. The van der Waals surface area contributed by atoms with Crippen LogP contribution >= 0.6 is 11.6 Å². The normalized spacial score (nSPS) is 18.6. The molecule has 1 aliphatic rings. The van der Waals surface area contributed by atoms with Gasteiger partial charge >= 0.3 is 0 Å². The summed E-state index contributed by atoms with van der Waals surface area (Å²) in [6.07, 6.45) is 1.68. The van der Waals surface area contributed by atoms with Crippen LogP contribution in [0.25, 0.3) is 0 Å². The largest absolute Gasteiger partial charge is 0.481 e. The number of amides is 1. The van der Waals surface area contributed by atoms with Crippen LogP contribution in [0.2, 0.25) is 5.28 Å². The second-order valence-corrected chi connectivity index (χ2v) is 6.45. The zero-order chi connectivity index (χ0) is 19.4. The first kappa shape index (κ1) is 18.9. The van der Waals surface area contributed by atoms with Gasteiger partial charge in [0, 0.05) is 11.8 Å². The molecule has 27 heavy (non-hydrogen) atoms. The lowest BCUT2D eigenvalue weighted by atomic mass is 10.0. The number of methoxy groups -OCH3 is 1. The number of nitrogens with one attached hydrogen (secondary N) is 1. The van der Waals surface area contributed by atoms with Gasteiger partial charge in [-0.2, -0.15) is 4.98 Å². The lowest BCUT2D eigenvalue weighted by Gasteiger charge is -2.12. The number of halogens is 1. The first-order chi connectivity index (χ1) is 12.9. The molecule has 0 saturated carbocycles. The topological polar surface area (TPSA) is 112 Å². The van der Waals surface area contributed by atoms with Crippen LogP contribution < -0.4 is 15.8 Å². The minimum Gasteiger partial charge on any atom is -0.481 e. The smallest absolute Gasteiger partial charge is 0.282 e. The Balaban J connectivity index is 1.59. The predicted octanol–water partition coefficient (Wildman–Crippen LogP) is 2.43. The van der Waals surface area contributed by atoms with Crippen LogP contribution in [0.15, 0.2) is 35.3 Å². The van der Waals surface area contributed by atoms with Gasteiger partial charge in [0.1, 0.15) is 11.8 Å². The molecule has 0 aliphatic carbocycles. The summed E-state index contributed by atoms with van der Waals surface area (Å²) < 4.78 is 10.3. The van der Waals surface area contributed by atoms with Crippen LogP contribution in [0.3, 0.4) is 0 Å². The molecule has 0 spiro atoms. The molecule has 0 radical (unpaired) electrons. The van der Waals surface area contributed by atoms with Gasteiger partial charge in [-0.15, -0.1) is 0 Å². The molecule has 142 valence electrons. The van der Waals surface area contributed by atoms with E-state index in [1.165, 1.54) is 13.2 Å². The highest BCUT2D eigenvalue weighted by Crippen LogP contribution is 2.19. The van der Waals surface area contributed by atoms with Crippen molar-refractivity contribution >= 4 is 29.2 Å². The first-order valence-electron chi connectivity index (χ1n) is 8.43. The summed E-state index contributed by atoms with van der Waals surface area (Å²) in [5, 5.41) is 2.72. The second kappa shape index (κ2) is 8.22. The summed E-state index contributed by atoms with van der Waals surface area (Å²) in [7, 11) is 1.44. The van der Waals surface area contributed by atoms with E-state index in [0.717, 1.165) is 18.4 Å². The molecule has 1 aliphatic heterocycles. The fourth-order valence-electron chi connectivity index (χ4n) is 2.75. The number of hydrogen-bond acceptors (Lipinski definition) is 7. The van der Waals surface area contributed by atoms with E-state index in [1.54, 1.807) is 0 Å². The molecular weight excluding hydrogens is 370 g/mol. The number of benzene rings is 1. The number of rotatable bonds is 6. The molecule has 1 amide bonds. The Morgan fingerprint density at radius 1 is 1.33 bits per heavy atom. The number of hydrogen-bond donors (Lipinski definition) is 2. The molecule has 1 unspecified atom stereocenters. The van der Waals surface area contributed by atoms with E-state index in [-0.39, 0.29) is 35.0 Å². The van der Waals surface area contributed by atoms with E-state index in [2.05, 4.69) is 20.3 Å². The standard InChI is InChI=1S/C18H20ClN5O3/c1-10-13(23-18(20)27-10)8-5-11-3-6-12(7-4-11)21-16(25)14-9-15(26-2)24-17(19)22-14/h3-4,6-7,9-10,13H,5,8H2,1-2H3,(H2,20,23)(H,21,25)/t10-,13?/m0/s1. The molecule has 0 bridgehead atoms. The number of anilines is 1. The zero-order valence-corrected chi connectivity index (χ0v) is 15.7. The van der Waals surface area contributed by atoms with E-state index in [1.807, 2.05) is 31.2 Å². The van der Waals surface area contributed by atoms with Crippen LogP contribution in [0.5, 0.6) is 5.88 Å². The minimum atomic E-state index is -0.396. The van der Waals surface area contributed by atoms with Crippen molar-refractivity contribution in [3.8, 4) is 5.88 Å². The highest BCUT2D eigenvalue weighted by molar-refractivity contribution is 6.28. The molecule has 3 N–H and O–H groups in total. The minimum absolute atomic E-state index is 0.000221. The van der Waals surface area contributed by atoms with Gasteiger partial charge < -0.3 is 20.5 Å². The van der Waals surface area contributed by atoms with Gasteiger partial charge in [0.2, 0.25) is 11.2 Å². The van der Waals surface area contributed by atoms with Crippen molar-refractivity contribution < 1.29 is 14.3 Å². The van der Waals surface area contributed by atoms with Crippen molar-refractivity contribution in [3.63, 3.8) is 0 Å². The second-order valence-electron chi connectivity index (χ2n) is 6.11. The molecule has 2 heterocycles. The molecule has 2 aromatic rings. The summed E-state index contributed by atoms with van der Waals surface area (Å²) in [6.45, 7) is 1.96. The Bertz CT molecular complexity index is 857. The van der Waals surface area contributed by atoms with Gasteiger partial charge in [0.15, 0.2) is 0 Å². The van der Waals surface area contributed by atoms with E-state index >= 15 is 0 Å². The maximum atomic E-state index is 12.3. The maximum absolute atomic E-state index is 12.3. The lowest BCUT2D eigenvalue weighted by molar-refractivity contribution is 0.102. The highest BCUT2D eigenvalue weighted by Gasteiger charge is 2.25. The number of nitrogens with zero attached hydrogens (tertiary/aromatic N) is 3. The number of aromatic nitrogens is 2. The Morgan fingerprint density at radius 2 is 2.07 bits per heavy atom. The number of nitrogens with two attached hydrogens (primary N) is 1. The molecular formula is C18H20ClN5O3. The van der Waals surface area contributed by atoms with Crippen LogP contribution in [0.1, 0.15) is 29.4 Å². The Hall–Kier alpha value is -2.87. The van der Waals surface area contributed by atoms with Gasteiger partial charge in [-0.1, -0.05) is 12.1 Å². The fourth-order valence-corrected chi connectivity index (χ4v) is 2.92. The molecule has 8 nitrogen and oxygen atoms in total. The van der Waals surface area contributed by atoms with Crippen molar-refractivity contribution in [3.05, 3.63) is 46.9 Å². The summed E-state index contributed by atoms with van der Waals surface area (Å²) >= 11 is 5.80. The van der Waals surface area contributed by atoms with E-state index in [0.29, 0.717) is 5.69 Å². The van der Waals surface area contributed by atoms with Gasteiger partial charge in [0.25, 0.3) is 11.9 Å². The number of aryl methyl sites for hydroxylation is 1. The zero-order valence-electron chi connectivity index (χ0n) is 15.0. The molecule has 0 fully saturated rings. The van der Waals surface area contributed by atoms with E-state index in [9.17, 15) is 4.79 Å². The van der Waals surface area contributed by atoms with Gasteiger partial charge in [0.05, 0.1) is 13.2 Å². The van der Waals surface area contributed by atoms with Crippen LogP contribution in [0, 0.1) is 0 Å². The van der Waals surface area contributed by atoms with Crippen LogP contribution in [0.4, 0.5) is 5.69 Å². The molecule has 1 aromatic heterocycles. The summed E-state index contributed by atoms with van der Waals surface area (Å²) in [5.41, 5.74) is 7.50. The lowest BCUT2D eigenvalue weighted by Crippen LogP contribution is -2.20. The quantitative estimate of drug-likeness (QED) is 0.734. The molecule has 1 aromatic carbocycles. The predicted molar refractivity (Wildman–Crippen MR) is 102 cm³/mol. The molecule has 9 heteroatoms. The number of carbonyl (C=O) groups is 1. The Morgan fingerprint density at radius 3 is 2.70 bits per heavy atom.